The van der Waals surface area contributed by atoms with Crippen molar-refractivity contribution < 1.29 is 33.1 Å². The van der Waals surface area contributed by atoms with Gasteiger partial charge in [0.15, 0.2) is 0 Å². The molecule has 84 valence electrons. The number of hydrogen-bond donors (Lipinski definition) is 0. The summed E-state index contributed by atoms with van der Waals surface area (Å²) >= 11 is 0. The molecule has 0 aliphatic rings. The van der Waals surface area contributed by atoms with E-state index in [1.165, 1.54) is 0 Å². The maximum atomic E-state index is 5.31. The Morgan fingerprint density at radius 2 is 1.65 bits per heavy atom. The van der Waals surface area contributed by atoms with Gasteiger partial charge in [-0.3, -0.25) is 0 Å². The summed E-state index contributed by atoms with van der Waals surface area (Å²) in [5.41, 5.74) is 0. The molecule has 17 heavy (non-hydrogen) atoms. The van der Waals surface area contributed by atoms with Crippen molar-refractivity contribution >= 4 is 10.8 Å². The van der Waals surface area contributed by atoms with E-state index in [4.69, 9.17) is 14.2 Å². The van der Waals surface area contributed by atoms with Gasteiger partial charge in [0.2, 0.25) is 0 Å². The summed E-state index contributed by atoms with van der Waals surface area (Å²) in [7, 11) is 4.88. The van der Waals surface area contributed by atoms with E-state index in [9.17, 15) is 0 Å². The second kappa shape index (κ2) is 5.86. The zero-order chi connectivity index (χ0) is 11.5. The molecule has 0 radical (unpaired) electrons. The van der Waals surface area contributed by atoms with Gasteiger partial charge in [0.25, 0.3) is 0 Å². The van der Waals surface area contributed by atoms with Crippen LogP contribution in [0.3, 0.4) is 0 Å². The zero-order valence-corrected chi connectivity index (χ0v) is 10.5. The normalized spacial score (nSPS) is 9.59. The predicted molar refractivity (Wildman–Crippen MR) is 62.4 cm³/mol. The van der Waals surface area contributed by atoms with Crippen molar-refractivity contribution in [2.45, 2.75) is 0 Å². The topological polar surface area (TPSA) is 27.7 Å². The fourth-order valence-corrected chi connectivity index (χ4v) is 1.75. The zero-order valence-electron chi connectivity index (χ0n) is 10.5. The van der Waals surface area contributed by atoms with Crippen LogP contribution in [0.4, 0.5) is 0 Å². The fraction of sp³-hybridized carbons (Fsp3) is 0.231. The monoisotopic (exact) mass is 224 g/mol. The van der Waals surface area contributed by atoms with E-state index >= 15 is 0 Å². The number of ether oxygens (including phenoxy) is 3. The molecular formula is C13H13LiO3. The van der Waals surface area contributed by atoms with Crippen LogP contribution in [-0.2, 0) is 0 Å². The van der Waals surface area contributed by atoms with Crippen molar-refractivity contribution in [3.63, 3.8) is 0 Å². The van der Waals surface area contributed by atoms with Crippen LogP contribution in [0.25, 0.3) is 10.8 Å². The van der Waals surface area contributed by atoms with Crippen molar-refractivity contribution in [3.05, 3.63) is 30.3 Å². The van der Waals surface area contributed by atoms with E-state index in [0.29, 0.717) is 5.75 Å². The fourth-order valence-electron chi connectivity index (χ4n) is 1.75. The summed E-state index contributed by atoms with van der Waals surface area (Å²) in [5.74, 6) is 2.17. The second-order valence-corrected chi connectivity index (χ2v) is 3.27. The Labute approximate surface area is 113 Å². The van der Waals surface area contributed by atoms with Crippen LogP contribution in [0.15, 0.2) is 24.3 Å². The smallest absolute Gasteiger partial charge is 0.554 e. The predicted octanol–water partition coefficient (Wildman–Crippen LogP) is -0.330. The van der Waals surface area contributed by atoms with Gasteiger partial charge in [0.05, 0.1) is 27.1 Å². The SMILES string of the molecule is COc1c[c-]c(OC)c2c(OC)cccc12.[Li+]. The quantitative estimate of drug-likeness (QED) is 0.528. The first-order chi connectivity index (χ1) is 7.81. The van der Waals surface area contributed by atoms with Crippen LogP contribution in [0.1, 0.15) is 0 Å². The third-order valence-corrected chi connectivity index (χ3v) is 2.50. The summed E-state index contributed by atoms with van der Waals surface area (Å²) in [6.45, 7) is 0. The molecule has 0 unspecified atom stereocenters. The summed E-state index contributed by atoms with van der Waals surface area (Å²) in [4.78, 5) is 0. The number of benzene rings is 2. The van der Waals surface area contributed by atoms with Gasteiger partial charge in [-0.25, -0.2) is 0 Å². The molecule has 0 saturated heterocycles. The number of methoxy groups -OCH3 is 3. The maximum absolute atomic E-state index is 5.31. The molecule has 0 heterocycles. The Hall–Kier alpha value is -1.30. The molecule has 0 N–H and O–H groups in total. The average Bonchev–Trinajstić information content (AvgIpc) is 2.36. The van der Waals surface area contributed by atoms with Crippen molar-refractivity contribution in [1.82, 2.24) is 0 Å². The average molecular weight is 224 g/mol. The first kappa shape index (κ1) is 13.8. The second-order valence-electron chi connectivity index (χ2n) is 3.27. The van der Waals surface area contributed by atoms with Crippen molar-refractivity contribution in [2.75, 3.05) is 21.3 Å². The number of rotatable bonds is 3. The Kier molecular flexibility index (Phi) is 4.74. The molecular weight excluding hydrogens is 211 g/mol. The Balaban J connectivity index is 0.00000144. The van der Waals surface area contributed by atoms with Crippen molar-refractivity contribution in [3.8, 4) is 17.2 Å². The molecule has 2 aromatic rings. The van der Waals surface area contributed by atoms with Crippen LogP contribution in [0, 0.1) is 6.07 Å². The van der Waals surface area contributed by atoms with Crippen LogP contribution < -0.4 is 33.1 Å². The molecule has 0 aromatic heterocycles. The minimum Gasteiger partial charge on any atom is -0.554 e. The van der Waals surface area contributed by atoms with Crippen LogP contribution in [0.2, 0.25) is 0 Å². The van der Waals surface area contributed by atoms with Crippen LogP contribution in [-0.4, -0.2) is 21.3 Å². The van der Waals surface area contributed by atoms with Gasteiger partial charge < -0.3 is 14.2 Å². The Morgan fingerprint density at radius 3 is 2.24 bits per heavy atom. The van der Waals surface area contributed by atoms with E-state index in [2.05, 4.69) is 6.07 Å². The molecule has 0 atom stereocenters. The first-order valence-electron chi connectivity index (χ1n) is 4.91. The Morgan fingerprint density at radius 1 is 0.941 bits per heavy atom. The molecule has 2 rings (SSSR count). The minimum absolute atomic E-state index is 0. The first-order valence-corrected chi connectivity index (χ1v) is 4.91. The van der Waals surface area contributed by atoms with Gasteiger partial charge in [0.1, 0.15) is 0 Å². The van der Waals surface area contributed by atoms with E-state index in [0.717, 1.165) is 22.3 Å². The molecule has 0 aliphatic carbocycles. The largest absolute Gasteiger partial charge is 1.00 e. The standard InChI is InChI=1S/C13H13O3.Li/c1-14-10-7-8-12(16-3)13-9(10)5-4-6-11(13)15-2;/h4-7H,1-3H3;/q-1;+1. The van der Waals surface area contributed by atoms with Gasteiger partial charge >= 0.3 is 18.9 Å². The molecule has 0 fully saturated rings. The van der Waals surface area contributed by atoms with E-state index in [1.807, 2.05) is 18.2 Å². The van der Waals surface area contributed by atoms with E-state index < -0.39 is 0 Å². The van der Waals surface area contributed by atoms with Gasteiger partial charge in [-0.2, -0.15) is 0 Å². The molecule has 0 amide bonds. The van der Waals surface area contributed by atoms with Gasteiger partial charge in [0, 0.05) is 11.5 Å². The van der Waals surface area contributed by atoms with Gasteiger partial charge in [-0.05, 0) is 11.5 Å². The number of hydrogen-bond acceptors (Lipinski definition) is 3. The molecule has 0 spiro atoms. The third kappa shape index (κ3) is 2.36. The van der Waals surface area contributed by atoms with Gasteiger partial charge in [-0.1, -0.05) is 17.5 Å². The van der Waals surface area contributed by atoms with Crippen LogP contribution >= 0.6 is 0 Å². The molecule has 3 nitrogen and oxygen atoms in total. The summed E-state index contributed by atoms with van der Waals surface area (Å²) in [6, 6.07) is 10.6. The Bertz CT molecular complexity index is 501. The summed E-state index contributed by atoms with van der Waals surface area (Å²) in [6.07, 6.45) is 0. The molecule has 0 bridgehead atoms. The maximum Gasteiger partial charge on any atom is 1.00 e. The third-order valence-electron chi connectivity index (χ3n) is 2.50. The molecule has 0 saturated carbocycles. The number of fused-ring (bicyclic) bond motifs is 1. The van der Waals surface area contributed by atoms with Crippen molar-refractivity contribution in [1.29, 1.82) is 0 Å². The molecule has 4 heteroatoms. The molecule has 2 aromatic carbocycles. The molecule has 0 aliphatic heterocycles. The van der Waals surface area contributed by atoms with Crippen molar-refractivity contribution in [2.24, 2.45) is 0 Å². The summed E-state index contributed by atoms with van der Waals surface area (Å²) < 4.78 is 15.9. The van der Waals surface area contributed by atoms with Gasteiger partial charge in [-0.15, -0.1) is 12.1 Å². The van der Waals surface area contributed by atoms with Crippen LogP contribution in [0.5, 0.6) is 17.2 Å². The minimum atomic E-state index is 0. The van der Waals surface area contributed by atoms with E-state index in [1.54, 1.807) is 27.4 Å². The summed E-state index contributed by atoms with van der Waals surface area (Å²) in [5, 5.41) is 1.84. The van der Waals surface area contributed by atoms with E-state index in [-0.39, 0.29) is 18.9 Å².